The van der Waals surface area contributed by atoms with E-state index in [-0.39, 0.29) is 5.78 Å². The Kier molecular flexibility index (Phi) is 4.85. The lowest BCUT2D eigenvalue weighted by atomic mass is 10.3. The van der Waals surface area contributed by atoms with E-state index in [1.165, 1.54) is 9.75 Å². The molecule has 0 atom stereocenters. The number of likely N-dealkylation sites (N-methyl/N-ethyl adjacent to an activating group) is 1. The number of thiazole rings is 1. The molecule has 2 heterocycles. The smallest absolute Gasteiger partial charge is 0.186 e. The van der Waals surface area contributed by atoms with Crippen LogP contribution >= 0.6 is 22.7 Å². The van der Waals surface area contributed by atoms with E-state index < -0.39 is 0 Å². The van der Waals surface area contributed by atoms with Crippen LogP contribution in [0.5, 0.6) is 0 Å². The van der Waals surface area contributed by atoms with Crippen LogP contribution in [0.1, 0.15) is 32.0 Å². The Morgan fingerprint density at radius 1 is 1.42 bits per heavy atom. The molecule has 0 aliphatic rings. The monoisotopic (exact) mass is 294 g/mol. The SMILES string of the molecule is CCc1ccc(C(=O)CN(C)Cc2scnc2C)s1. The first-order chi connectivity index (χ1) is 9.10. The minimum absolute atomic E-state index is 0.203. The fourth-order valence-electron chi connectivity index (χ4n) is 1.82. The number of aromatic nitrogens is 1. The molecule has 0 N–H and O–H groups in total. The molecule has 0 spiro atoms. The average Bonchev–Trinajstić information content (AvgIpc) is 2.99. The van der Waals surface area contributed by atoms with Crippen molar-refractivity contribution < 1.29 is 4.79 Å². The second-order valence-corrected chi connectivity index (χ2v) is 6.68. The van der Waals surface area contributed by atoms with Crippen molar-refractivity contribution in [3.05, 3.63) is 38.0 Å². The molecule has 0 fully saturated rings. The van der Waals surface area contributed by atoms with Crippen LogP contribution in [0.3, 0.4) is 0 Å². The van der Waals surface area contributed by atoms with Crippen molar-refractivity contribution in [1.82, 2.24) is 9.88 Å². The maximum absolute atomic E-state index is 12.2. The molecule has 0 aliphatic carbocycles. The minimum atomic E-state index is 0.203. The molecule has 0 radical (unpaired) electrons. The van der Waals surface area contributed by atoms with Crippen molar-refractivity contribution in [3.63, 3.8) is 0 Å². The van der Waals surface area contributed by atoms with Gasteiger partial charge in [0.15, 0.2) is 5.78 Å². The molecule has 0 amide bonds. The highest BCUT2D eigenvalue weighted by molar-refractivity contribution is 7.14. The summed E-state index contributed by atoms with van der Waals surface area (Å²) in [5.41, 5.74) is 2.92. The van der Waals surface area contributed by atoms with Crippen LogP contribution in [0.4, 0.5) is 0 Å². The highest BCUT2D eigenvalue weighted by Gasteiger charge is 2.13. The molecule has 0 unspecified atom stereocenters. The summed E-state index contributed by atoms with van der Waals surface area (Å²) in [6.45, 7) is 5.36. The quantitative estimate of drug-likeness (QED) is 0.766. The number of carbonyl (C=O) groups is 1. The van der Waals surface area contributed by atoms with E-state index in [1.54, 1.807) is 22.7 Å². The summed E-state index contributed by atoms with van der Waals surface area (Å²) in [7, 11) is 1.98. The third-order valence-electron chi connectivity index (χ3n) is 2.96. The zero-order valence-corrected chi connectivity index (χ0v) is 13.1. The summed E-state index contributed by atoms with van der Waals surface area (Å²) in [6, 6.07) is 3.99. The number of rotatable bonds is 6. The molecule has 0 aliphatic heterocycles. The van der Waals surface area contributed by atoms with Crippen LogP contribution in [-0.4, -0.2) is 29.3 Å². The highest BCUT2D eigenvalue weighted by Crippen LogP contribution is 2.19. The third kappa shape index (κ3) is 3.72. The van der Waals surface area contributed by atoms with E-state index >= 15 is 0 Å². The molecule has 3 nitrogen and oxygen atoms in total. The number of nitrogens with zero attached hydrogens (tertiary/aromatic N) is 2. The molecule has 5 heteroatoms. The van der Waals surface area contributed by atoms with Crippen LogP contribution in [-0.2, 0) is 13.0 Å². The average molecular weight is 294 g/mol. The fourth-order valence-corrected chi connectivity index (χ4v) is 3.55. The zero-order chi connectivity index (χ0) is 13.8. The molecule has 0 saturated heterocycles. The molecule has 0 aromatic carbocycles. The molecular weight excluding hydrogens is 276 g/mol. The summed E-state index contributed by atoms with van der Waals surface area (Å²) >= 11 is 3.26. The normalized spacial score (nSPS) is 11.2. The van der Waals surface area contributed by atoms with E-state index in [4.69, 9.17) is 0 Å². The Balaban J connectivity index is 1.93. The zero-order valence-electron chi connectivity index (χ0n) is 11.5. The van der Waals surface area contributed by atoms with Gasteiger partial charge in [-0.15, -0.1) is 22.7 Å². The summed E-state index contributed by atoms with van der Waals surface area (Å²) in [4.78, 5) is 21.8. The van der Waals surface area contributed by atoms with E-state index in [9.17, 15) is 4.79 Å². The van der Waals surface area contributed by atoms with Crippen LogP contribution < -0.4 is 0 Å². The van der Waals surface area contributed by atoms with E-state index in [2.05, 4.69) is 11.9 Å². The number of aryl methyl sites for hydroxylation is 2. The fraction of sp³-hybridized carbons (Fsp3) is 0.429. The predicted molar refractivity (Wildman–Crippen MR) is 81.2 cm³/mol. The Morgan fingerprint density at radius 2 is 2.21 bits per heavy atom. The maximum atomic E-state index is 12.2. The van der Waals surface area contributed by atoms with Crippen molar-refractivity contribution in [2.75, 3.05) is 13.6 Å². The Labute approximate surface area is 121 Å². The van der Waals surface area contributed by atoms with Gasteiger partial charge in [-0.2, -0.15) is 0 Å². The third-order valence-corrected chi connectivity index (χ3v) is 5.15. The van der Waals surface area contributed by atoms with Gasteiger partial charge in [0.25, 0.3) is 0 Å². The second kappa shape index (κ2) is 6.41. The van der Waals surface area contributed by atoms with Crippen molar-refractivity contribution in [1.29, 1.82) is 0 Å². The van der Waals surface area contributed by atoms with Crippen LogP contribution in [0.15, 0.2) is 17.6 Å². The van der Waals surface area contributed by atoms with Gasteiger partial charge in [-0.05, 0) is 32.5 Å². The van der Waals surface area contributed by atoms with Crippen molar-refractivity contribution in [3.8, 4) is 0 Å². The first-order valence-electron chi connectivity index (χ1n) is 6.29. The highest BCUT2D eigenvalue weighted by atomic mass is 32.1. The molecule has 0 bridgehead atoms. The van der Waals surface area contributed by atoms with Gasteiger partial charge in [0.05, 0.1) is 22.6 Å². The van der Waals surface area contributed by atoms with Gasteiger partial charge < -0.3 is 0 Å². The Morgan fingerprint density at radius 3 is 2.79 bits per heavy atom. The predicted octanol–water partition coefficient (Wildman–Crippen LogP) is 3.39. The molecule has 0 saturated carbocycles. The van der Waals surface area contributed by atoms with Gasteiger partial charge in [0.2, 0.25) is 0 Å². The lowest BCUT2D eigenvalue weighted by Gasteiger charge is -2.14. The number of hydrogen-bond donors (Lipinski definition) is 0. The summed E-state index contributed by atoms with van der Waals surface area (Å²) < 4.78 is 0. The number of thiophene rings is 1. The number of carbonyl (C=O) groups excluding carboxylic acids is 1. The molecule has 2 aromatic rings. The topological polar surface area (TPSA) is 33.2 Å². The van der Waals surface area contributed by atoms with Gasteiger partial charge in [0.1, 0.15) is 0 Å². The van der Waals surface area contributed by atoms with Crippen molar-refractivity contribution in [2.24, 2.45) is 0 Å². The van der Waals surface area contributed by atoms with Gasteiger partial charge in [-0.3, -0.25) is 9.69 Å². The molecule has 102 valence electrons. The molecule has 19 heavy (non-hydrogen) atoms. The number of hydrogen-bond acceptors (Lipinski definition) is 5. The van der Waals surface area contributed by atoms with Crippen molar-refractivity contribution >= 4 is 28.5 Å². The number of Topliss-reactive ketones (excluding diaryl/α,β-unsaturated/α-hetero) is 1. The van der Waals surface area contributed by atoms with E-state index in [1.807, 2.05) is 36.5 Å². The largest absolute Gasteiger partial charge is 0.294 e. The first kappa shape index (κ1) is 14.4. The van der Waals surface area contributed by atoms with E-state index in [0.717, 1.165) is 23.5 Å². The lowest BCUT2D eigenvalue weighted by Crippen LogP contribution is -2.25. The van der Waals surface area contributed by atoms with Crippen LogP contribution in [0.25, 0.3) is 0 Å². The van der Waals surface area contributed by atoms with Gasteiger partial charge in [-0.1, -0.05) is 6.92 Å². The summed E-state index contributed by atoms with van der Waals surface area (Å²) in [5.74, 6) is 0.203. The van der Waals surface area contributed by atoms with Gasteiger partial charge >= 0.3 is 0 Å². The van der Waals surface area contributed by atoms with Gasteiger partial charge in [-0.25, -0.2) is 4.98 Å². The summed E-state index contributed by atoms with van der Waals surface area (Å²) in [5, 5.41) is 0. The number of ketones is 1. The van der Waals surface area contributed by atoms with Crippen LogP contribution in [0, 0.1) is 6.92 Å². The lowest BCUT2D eigenvalue weighted by molar-refractivity contribution is 0.0947. The van der Waals surface area contributed by atoms with Crippen LogP contribution in [0.2, 0.25) is 0 Å². The standard InChI is InChI=1S/C14H18N2OS2/c1-4-11-5-6-13(19-11)12(17)7-16(3)8-14-10(2)15-9-18-14/h5-6,9H,4,7-8H2,1-3H3. The Hall–Kier alpha value is -1.04. The molecule has 2 aromatic heterocycles. The summed E-state index contributed by atoms with van der Waals surface area (Å²) in [6.07, 6.45) is 0.994. The second-order valence-electron chi connectivity index (χ2n) is 4.58. The first-order valence-corrected chi connectivity index (χ1v) is 7.99. The Bertz CT molecular complexity index is 559. The van der Waals surface area contributed by atoms with Crippen molar-refractivity contribution in [2.45, 2.75) is 26.8 Å². The minimum Gasteiger partial charge on any atom is -0.294 e. The van der Waals surface area contributed by atoms with Gasteiger partial charge in [0, 0.05) is 16.3 Å². The molecular formula is C14H18N2OS2. The maximum Gasteiger partial charge on any atom is 0.186 e. The van der Waals surface area contributed by atoms with E-state index in [0.29, 0.717) is 6.54 Å². The molecule has 2 rings (SSSR count).